The van der Waals surface area contributed by atoms with Crippen molar-refractivity contribution in [3.63, 3.8) is 0 Å². The van der Waals surface area contributed by atoms with Gasteiger partial charge in [-0.1, -0.05) is 6.42 Å². The Kier molecular flexibility index (Phi) is 5.49. The molecule has 4 heterocycles. The van der Waals surface area contributed by atoms with Gasteiger partial charge >= 0.3 is 5.97 Å². The zero-order chi connectivity index (χ0) is 20.5. The van der Waals surface area contributed by atoms with Gasteiger partial charge in [-0.2, -0.15) is 0 Å². The van der Waals surface area contributed by atoms with Crippen LogP contribution in [0.4, 0.5) is 5.82 Å². The maximum absolute atomic E-state index is 12.4. The highest BCUT2D eigenvalue weighted by Gasteiger charge is 2.23. The SMILES string of the molecule is CCOC(=O)c1sc2nc(C)nc(N(C)Cc3nnc4n3CCCCC4)c2c1C. The maximum atomic E-state index is 12.4. The molecular weight excluding hydrogens is 388 g/mol. The van der Waals surface area contributed by atoms with E-state index in [0.29, 0.717) is 23.9 Å². The molecule has 0 bridgehead atoms. The number of esters is 1. The number of aromatic nitrogens is 5. The Hall–Kier alpha value is -2.55. The molecule has 0 fully saturated rings. The van der Waals surface area contributed by atoms with Crippen LogP contribution in [0.5, 0.6) is 0 Å². The van der Waals surface area contributed by atoms with E-state index in [1.807, 2.05) is 27.8 Å². The molecule has 0 aliphatic carbocycles. The van der Waals surface area contributed by atoms with E-state index in [2.05, 4.69) is 24.6 Å². The summed E-state index contributed by atoms with van der Waals surface area (Å²) in [5.74, 6) is 3.21. The van der Waals surface area contributed by atoms with Crippen LogP contribution in [-0.2, 0) is 24.2 Å². The van der Waals surface area contributed by atoms with E-state index < -0.39 is 0 Å². The van der Waals surface area contributed by atoms with Gasteiger partial charge in [0.05, 0.1) is 18.5 Å². The van der Waals surface area contributed by atoms with E-state index in [9.17, 15) is 4.79 Å². The molecule has 154 valence electrons. The molecule has 0 radical (unpaired) electrons. The van der Waals surface area contributed by atoms with Gasteiger partial charge in [0.25, 0.3) is 0 Å². The van der Waals surface area contributed by atoms with Gasteiger partial charge in [0.1, 0.15) is 27.2 Å². The fraction of sp³-hybridized carbons (Fsp3) is 0.550. The largest absolute Gasteiger partial charge is 0.462 e. The third-order valence-electron chi connectivity index (χ3n) is 5.27. The van der Waals surface area contributed by atoms with E-state index >= 15 is 0 Å². The van der Waals surface area contributed by atoms with Crippen molar-refractivity contribution in [1.82, 2.24) is 24.7 Å². The van der Waals surface area contributed by atoms with Gasteiger partial charge in [0.15, 0.2) is 5.82 Å². The van der Waals surface area contributed by atoms with Crippen molar-refractivity contribution >= 4 is 33.3 Å². The Bertz CT molecular complexity index is 1060. The van der Waals surface area contributed by atoms with Crippen LogP contribution in [0.2, 0.25) is 0 Å². The minimum atomic E-state index is -0.304. The number of aryl methyl sites for hydroxylation is 3. The lowest BCUT2D eigenvalue weighted by molar-refractivity contribution is 0.0531. The minimum Gasteiger partial charge on any atom is -0.462 e. The predicted molar refractivity (Wildman–Crippen MR) is 113 cm³/mol. The summed E-state index contributed by atoms with van der Waals surface area (Å²) >= 11 is 1.37. The highest BCUT2D eigenvalue weighted by Crippen LogP contribution is 2.36. The monoisotopic (exact) mass is 414 g/mol. The Morgan fingerprint density at radius 2 is 2.03 bits per heavy atom. The summed E-state index contributed by atoms with van der Waals surface area (Å²) in [5.41, 5.74) is 0.866. The van der Waals surface area contributed by atoms with Gasteiger partial charge in [-0.15, -0.1) is 21.5 Å². The van der Waals surface area contributed by atoms with Gasteiger partial charge < -0.3 is 14.2 Å². The fourth-order valence-electron chi connectivity index (χ4n) is 3.84. The second kappa shape index (κ2) is 8.06. The first-order valence-electron chi connectivity index (χ1n) is 10.1. The minimum absolute atomic E-state index is 0.304. The molecular formula is C20H26N6O2S. The summed E-state index contributed by atoms with van der Waals surface area (Å²) in [4.78, 5) is 25.1. The van der Waals surface area contributed by atoms with E-state index in [4.69, 9.17) is 9.72 Å². The first kappa shape index (κ1) is 19.8. The summed E-state index contributed by atoms with van der Waals surface area (Å²) in [7, 11) is 2.00. The number of thiophene rings is 1. The van der Waals surface area contributed by atoms with Crippen molar-refractivity contribution in [2.45, 2.75) is 59.5 Å². The summed E-state index contributed by atoms with van der Waals surface area (Å²) in [6.45, 7) is 7.53. The highest BCUT2D eigenvalue weighted by molar-refractivity contribution is 7.20. The van der Waals surface area contributed by atoms with Gasteiger partial charge in [-0.25, -0.2) is 14.8 Å². The molecule has 0 spiro atoms. The molecule has 3 aromatic rings. The first-order chi connectivity index (χ1) is 14.0. The van der Waals surface area contributed by atoms with Gasteiger partial charge in [-0.05, 0) is 39.2 Å². The van der Waals surface area contributed by atoms with Gasteiger partial charge in [-0.3, -0.25) is 0 Å². The average Bonchev–Trinajstić information content (AvgIpc) is 3.12. The summed E-state index contributed by atoms with van der Waals surface area (Å²) in [6, 6.07) is 0. The summed E-state index contributed by atoms with van der Waals surface area (Å²) in [6.07, 6.45) is 4.55. The Morgan fingerprint density at radius 3 is 2.83 bits per heavy atom. The fourth-order valence-corrected chi connectivity index (χ4v) is 4.95. The molecule has 0 saturated heterocycles. The summed E-state index contributed by atoms with van der Waals surface area (Å²) in [5, 5.41) is 9.75. The van der Waals surface area contributed by atoms with Crippen LogP contribution in [0.1, 0.15) is 58.9 Å². The Morgan fingerprint density at radius 1 is 1.21 bits per heavy atom. The molecule has 3 aromatic heterocycles. The van der Waals surface area contributed by atoms with Crippen molar-refractivity contribution in [3.05, 3.63) is 27.9 Å². The average molecular weight is 415 g/mol. The molecule has 0 unspecified atom stereocenters. The molecule has 1 aliphatic rings. The summed E-state index contributed by atoms with van der Waals surface area (Å²) < 4.78 is 7.47. The molecule has 8 nitrogen and oxygen atoms in total. The number of fused-ring (bicyclic) bond motifs is 2. The molecule has 0 amide bonds. The number of hydrogen-bond acceptors (Lipinski definition) is 8. The number of rotatable bonds is 5. The number of hydrogen-bond donors (Lipinski definition) is 0. The molecule has 0 saturated carbocycles. The number of ether oxygens (including phenoxy) is 1. The molecule has 0 N–H and O–H groups in total. The molecule has 0 atom stereocenters. The van der Waals surface area contributed by atoms with Crippen molar-refractivity contribution in [2.24, 2.45) is 0 Å². The quantitative estimate of drug-likeness (QED) is 0.591. The standard InChI is InChI=1S/C20H26N6O2S/c1-5-28-20(27)17-12(2)16-18(21-13(3)22-19(16)29-17)25(4)11-15-24-23-14-9-7-6-8-10-26(14)15/h5-11H2,1-4H3. The molecule has 0 aromatic carbocycles. The molecule has 4 rings (SSSR count). The molecule has 29 heavy (non-hydrogen) atoms. The molecule has 9 heteroatoms. The van der Waals surface area contributed by atoms with Crippen molar-refractivity contribution in [3.8, 4) is 0 Å². The normalized spacial score (nSPS) is 13.9. The van der Waals surface area contributed by atoms with Crippen molar-refractivity contribution < 1.29 is 9.53 Å². The Labute approximate surface area is 173 Å². The van der Waals surface area contributed by atoms with Crippen LogP contribution in [0.15, 0.2) is 0 Å². The zero-order valence-electron chi connectivity index (χ0n) is 17.4. The third-order valence-corrected chi connectivity index (χ3v) is 6.44. The lowest BCUT2D eigenvalue weighted by Crippen LogP contribution is -2.22. The van der Waals surface area contributed by atoms with Crippen molar-refractivity contribution in [1.29, 1.82) is 0 Å². The number of nitrogens with zero attached hydrogens (tertiary/aromatic N) is 6. The van der Waals surface area contributed by atoms with Crippen LogP contribution in [0.25, 0.3) is 10.2 Å². The number of anilines is 1. The Balaban J connectivity index is 1.71. The first-order valence-corrected chi connectivity index (χ1v) is 10.9. The lowest BCUT2D eigenvalue weighted by Gasteiger charge is -2.20. The van der Waals surface area contributed by atoms with E-state index in [-0.39, 0.29) is 5.97 Å². The third kappa shape index (κ3) is 3.71. The smallest absolute Gasteiger partial charge is 0.348 e. The van der Waals surface area contributed by atoms with Crippen LogP contribution in [-0.4, -0.2) is 44.4 Å². The van der Waals surface area contributed by atoms with Crippen LogP contribution >= 0.6 is 11.3 Å². The van der Waals surface area contributed by atoms with E-state index in [0.717, 1.165) is 52.6 Å². The van der Waals surface area contributed by atoms with Gasteiger partial charge in [0.2, 0.25) is 0 Å². The lowest BCUT2D eigenvalue weighted by atomic mass is 10.2. The topological polar surface area (TPSA) is 86.0 Å². The zero-order valence-corrected chi connectivity index (χ0v) is 18.2. The second-order valence-electron chi connectivity index (χ2n) is 7.40. The number of carbonyl (C=O) groups excluding carboxylic acids is 1. The second-order valence-corrected chi connectivity index (χ2v) is 8.40. The van der Waals surface area contributed by atoms with Crippen LogP contribution < -0.4 is 4.90 Å². The van der Waals surface area contributed by atoms with Gasteiger partial charge in [0, 0.05) is 20.0 Å². The van der Waals surface area contributed by atoms with Crippen LogP contribution in [0.3, 0.4) is 0 Å². The van der Waals surface area contributed by atoms with E-state index in [1.54, 1.807) is 0 Å². The maximum Gasteiger partial charge on any atom is 0.348 e. The predicted octanol–water partition coefficient (Wildman–Crippen LogP) is 3.44. The van der Waals surface area contributed by atoms with E-state index in [1.165, 1.54) is 24.2 Å². The molecule has 1 aliphatic heterocycles. The highest BCUT2D eigenvalue weighted by atomic mass is 32.1. The van der Waals surface area contributed by atoms with Crippen molar-refractivity contribution in [2.75, 3.05) is 18.6 Å². The number of carbonyl (C=O) groups is 1. The van der Waals surface area contributed by atoms with Crippen LogP contribution in [0, 0.1) is 13.8 Å².